The van der Waals surface area contributed by atoms with Gasteiger partial charge >= 0.3 is 0 Å². The lowest BCUT2D eigenvalue weighted by Gasteiger charge is -2.24. The number of likely N-dealkylation sites (N-methyl/N-ethyl adjacent to an activating group) is 1. The van der Waals surface area contributed by atoms with Gasteiger partial charge in [-0.05, 0) is 31.6 Å². The molecular formula is C14H22F2N2. The summed E-state index contributed by atoms with van der Waals surface area (Å²) in [6.45, 7) is 6.37. The van der Waals surface area contributed by atoms with E-state index in [0.29, 0.717) is 6.54 Å². The Balaban J connectivity index is 2.71. The first-order valence-corrected chi connectivity index (χ1v) is 6.52. The van der Waals surface area contributed by atoms with Crippen LogP contribution >= 0.6 is 0 Å². The van der Waals surface area contributed by atoms with Gasteiger partial charge in [0.1, 0.15) is 11.6 Å². The molecule has 2 N–H and O–H groups in total. The van der Waals surface area contributed by atoms with Crippen LogP contribution in [0.3, 0.4) is 0 Å². The van der Waals surface area contributed by atoms with E-state index in [2.05, 4.69) is 11.8 Å². The van der Waals surface area contributed by atoms with Gasteiger partial charge in [0.2, 0.25) is 0 Å². The van der Waals surface area contributed by atoms with Gasteiger partial charge in [-0.25, -0.2) is 8.78 Å². The predicted octanol–water partition coefficient (Wildman–Crippen LogP) is 3.09. The molecule has 0 radical (unpaired) electrons. The van der Waals surface area contributed by atoms with E-state index in [1.54, 1.807) is 0 Å². The molecule has 1 unspecified atom stereocenters. The van der Waals surface area contributed by atoms with Crippen LogP contribution < -0.4 is 5.73 Å². The highest BCUT2D eigenvalue weighted by molar-refractivity contribution is 5.23. The Morgan fingerprint density at radius 3 is 2.33 bits per heavy atom. The third-order valence-corrected chi connectivity index (χ3v) is 3.10. The number of nitrogens with zero attached hydrogens (tertiary/aromatic N) is 1. The zero-order chi connectivity index (χ0) is 13.5. The van der Waals surface area contributed by atoms with Crippen molar-refractivity contribution in [2.75, 3.05) is 19.6 Å². The SMILES string of the molecule is CCCCN(CC)CC(N)c1c(F)cccc1F. The van der Waals surface area contributed by atoms with Gasteiger partial charge in [-0.3, -0.25) is 0 Å². The maximum Gasteiger partial charge on any atom is 0.130 e. The van der Waals surface area contributed by atoms with Gasteiger partial charge < -0.3 is 10.6 Å². The number of rotatable bonds is 7. The van der Waals surface area contributed by atoms with Crippen molar-refractivity contribution in [2.24, 2.45) is 5.73 Å². The summed E-state index contributed by atoms with van der Waals surface area (Å²) >= 11 is 0. The summed E-state index contributed by atoms with van der Waals surface area (Å²) in [5.41, 5.74) is 5.92. The van der Waals surface area contributed by atoms with E-state index in [1.807, 2.05) is 6.92 Å². The van der Waals surface area contributed by atoms with Gasteiger partial charge in [-0.2, -0.15) is 0 Å². The van der Waals surface area contributed by atoms with Crippen molar-refractivity contribution < 1.29 is 8.78 Å². The first-order valence-electron chi connectivity index (χ1n) is 6.52. The van der Waals surface area contributed by atoms with Crippen LogP contribution in [-0.4, -0.2) is 24.5 Å². The average Bonchev–Trinajstić information content (AvgIpc) is 2.34. The molecule has 4 heteroatoms. The summed E-state index contributed by atoms with van der Waals surface area (Å²) in [6, 6.07) is 3.24. The summed E-state index contributed by atoms with van der Waals surface area (Å²) in [7, 11) is 0. The first-order chi connectivity index (χ1) is 8.60. The third-order valence-electron chi connectivity index (χ3n) is 3.10. The maximum atomic E-state index is 13.6. The third kappa shape index (κ3) is 4.03. The molecule has 0 heterocycles. The molecule has 1 aromatic carbocycles. The van der Waals surface area contributed by atoms with Gasteiger partial charge in [-0.15, -0.1) is 0 Å². The predicted molar refractivity (Wildman–Crippen MR) is 70.3 cm³/mol. The normalized spacial score (nSPS) is 13.0. The highest BCUT2D eigenvalue weighted by atomic mass is 19.1. The molecule has 0 saturated carbocycles. The number of hydrogen-bond donors (Lipinski definition) is 1. The van der Waals surface area contributed by atoms with Gasteiger partial charge in [-0.1, -0.05) is 26.3 Å². The largest absolute Gasteiger partial charge is 0.323 e. The van der Waals surface area contributed by atoms with E-state index in [9.17, 15) is 8.78 Å². The smallest absolute Gasteiger partial charge is 0.130 e. The topological polar surface area (TPSA) is 29.3 Å². The van der Waals surface area contributed by atoms with Crippen molar-refractivity contribution in [3.63, 3.8) is 0 Å². The van der Waals surface area contributed by atoms with Gasteiger partial charge in [0.15, 0.2) is 0 Å². The zero-order valence-electron chi connectivity index (χ0n) is 11.1. The highest BCUT2D eigenvalue weighted by Crippen LogP contribution is 2.19. The minimum atomic E-state index is -0.622. The molecule has 0 saturated heterocycles. The Bertz CT molecular complexity index is 349. The molecule has 0 amide bonds. The highest BCUT2D eigenvalue weighted by Gasteiger charge is 2.18. The van der Waals surface area contributed by atoms with Crippen LogP contribution in [0.1, 0.15) is 38.3 Å². The first kappa shape index (κ1) is 15.1. The van der Waals surface area contributed by atoms with E-state index >= 15 is 0 Å². The lowest BCUT2D eigenvalue weighted by atomic mass is 10.1. The molecule has 2 nitrogen and oxygen atoms in total. The average molecular weight is 256 g/mol. The fourth-order valence-electron chi connectivity index (χ4n) is 1.99. The number of halogens is 2. The minimum absolute atomic E-state index is 0.00699. The monoisotopic (exact) mass is 256 g/mol. The van der Waals surface area contributed by atoms with Gasteiger partial charge in [0.25, 0.3) is 0 Å². The number of unbranched alkanes of at least 4 members (excludes halogenated alkanes) is 1. The van der Waals surface area contributed by atoms with Crippen molar-refractivity contribution >= 4 is 0 Å². The number of nitrogens with two attached hydrogens (primary N) is 1. The summed E-state index contributed by atoms with van der Waals surface area (Å²) in [5.74, 6) is -1.12. The van der Waals surface area contributed by atoms with Crippen molar-refractivity contribution in [1.29, 1.82) is 0 Å². The second kappa shape index (κ2) is 7.44. The molecular weight excluding hydrogens is 234 g/mol. The van der Waals surface area contributed by atoms with Crippen LogP contribution in [0, 0.1) is 11.6 Å². The van der Waals surface area contributed by atoms with E-state index in [1.165, 1.54) is 18.2 Å². The molecule has 18 heavy (non-hydrogen) atoms. The van der Waals surface area contributed by atoms with E-state index in [4.69, 9.17) is 5.73 Å². The summed E-state index contributed by atoms with van der Waals surface area (Å²) in [4.78, 5) is 2.13. The van der Waals surface area contributed by atoms with E-state index in [-0.39, 0.29) is 5.56 Å². The molecule has 0 aliphatic rings. The molecule has 1 aromatic rings. The molecule has 0 spiro atoms. The van der Waals surface area contributed by atoms with Crippen LogP contribution in [0.4, 0.5) is 8.78 Å². The Kier molecular flexibility index (Phi) is 6.22. The van der Waals surface area contributed by atoms with Crippen LogP contribution in [0.2, 0.25) is 0 Å². The Morgan fingerprint density at radius 2 is 1.83 bits per heavy atom. The fourth-order valence-corrected chi connectivity index (χ4v) is 1.99. The van der Waals surface area contributed by atoms with Crippen LogP contribution in [0.15, 0.2) is 18.2 Å². The van der Waals surface area contributed by atoms with Crippen molar-refractivity contribution in [2.45, 2.75) is 32.7 Å². The number of benzene rings is 1. The molecule has 102 valence electrons. The van der Waals surface area contributed by atoms with Crippen LogP contribution in [0.25, 0.3) is 0 Å². The zero-order valence-corrected chi connectivity index (χ0v) is 11.1. The second-order valence-electron chi connectivity index (χ2n) is 4.49. The standard InChI is InChI=1S/C14H22F2N2/c1-3-5-9-18(4-2)10-13(17)14-11(15)7-6-8-12(14)16/h6-8,13H,3-5,9-10,17H2,1-2H3. The lowest BCUT2D eigenvalue weighted by molar-refractivity contribution is 0.262. The van der Waals surface area contributed by atoms with Crippen LogP contribution in [-0.2, 0) is 0 Å². The molecule has 0 bridgehead atoms. The van der Waals surface area contributed by atoms with E-state index < -0.39 is 17.7 Å². The molecule has 0 aromatic heterocycles. The quantitative estimate of drug-likeness (QED) is 0.812. The van der Waals surface area contributed by atoms with E-state index in [0.717, 1.165) is 25.9 Å². The molecule has 1 rings (SSSR count). The van der Waals surface area contributed by atoms with Crippen molar-refractivity contribution in [3.8, 4) is 0 Å². The fraction of sp³-hybridized carbons (Fsp3) is 0.571. The van der Waals surface area contributed by atoms with Gasteiger partial charge in [0.05, 0.1) is 0 Å². The Hall–Kier alpha value is -1.00. The maximum absolute atomic E-state index is 13.6. The summed E-state index contributed by atoms with van der Waals surface area (Å²) in [6.07, 6.45) is 2.17. The second-order valence-corrected chi connectivity index (χ2v) is 4.49. The minimum Gasteiger partial charge on any atom is -0.323 e. The number of hydrogen-bond acceptors (Lipinski definition) is 2. The summed E-state index contributed by atoms with van der Waals surface area (Å²) < 4.78 is 27.1. The summed E-state index contributed by atoms with van der Waals surface area (Å²) in [5, 5.41) is 0. The van der Waals surface area contributed by atoms with Crippen molar-refractivity contribution in [3.05, 3.63) is 35.4 Å². The molecule has 0 fully saturated rings. The Labute approximate surface area is 108 Å². The van der Waals surface area contributed by atoms with Crippen molar-refractivity contribution in [1.82, 2.24) is 4.90 Å². The molecule has 0 aliphatic carbocycles. The molecule has 0 aliphatic heterocycles. The Morgan fingerprint density at radius 1 is 1.22 bits per heavy atom. The van der Waals surface area contributed by atoms with Crippen LogP contribution in [0.5, 0.6) is 0 Å². The van der Waals surface area contributed by atoms with Gasteiger partial charge in [0, 0.05) is 18.2 Å². The molecule has 1 atom stereocenters. The lowest BCUT2D eigenvalue weighted by Crippen LogP contribution is -2.33.